The Kier molecular flexibility index (Phi) is 2.86. The van der Waals surface area contributed by atoms with Crippen molar-refractivity contribution in [1.29, 1.82) is 0 Å². The smallest absolute Gasteiger partial charge is 0.116 e. The Morgan fingerprint density at radius 2 is 1.87 bits per heavy atom. The molecule has 78 valence electrons. The molecule has 0 aliphatic carbocycles. The Hall–Kier alpha value is -1.16. The molecule has 4 heteroatoms. The molecular weight excluding hydrogens is 254 g/mol. The van der Waals surface area contributed by atoms with Crippen LogP contribution in [0.25, 0.3) is 11.3 Å². The van der Waals surface area contributed by atoms with E-state index in [0.29, 0.717) is 0 Å². The van der Waals surface area contributed by atoms with Gasteiger partial charge in [-0.3, -0.25) is 0 Å². The number of halogens is 1. The van der Waals surface area contributed by atoms with E-state index in [1.807, 2.05) is 31.3 Å². The molecule has 1 heterocycles. The van der Waals surface area contributed by atoms with Gasteiger partial charge in [-0.25, -0.2) is 0 Å². The van der Waals surface area contributed by atoms with Gasteiger partial charge in [0.25, 0.3) is 0 Å². The average molecular weight is 266 g/mol. The predicted octanol–water partition coefficient (Wildman–Crippen LogP) is 2.81. The fourth-order valence-electron chi connectivity index (χ4n) is 1.52. The van der Waals surface area contributed by atoms with Gasteiger partial charge in [-0.2, -0.15) is 15.0 Å². The summed E-state index contributed by atoms with van der Waals surface area (Å²) in [4.78, 5) is 1.62. The van der Waals surface area contributed by atoms with Gasteiger partial charge in [0, 0.05) is 17.1 Å². The van der Waals surface area contributed by atoms with Crippen LogP contribution in [0.15, 0.2) is 28.7 Å². The minimum atomic E-state index is 0.902. The third kappa shape index (κ3) is 2.09. The number of aromatic nitrogens is 3. The van der Waals surface area contributed by atoms with Crippen LogP contribution < -0.4 is 0 Å². The lowest BCUT2D eigenvalue weighted by Gasteiger charge is -1.98. The molecule has 0 saturated carbocycles. The fraction of sp³-hybridized carbons (Fsp3) is 0.273. The molecule has 2 rings (SSSR count). The van der Waals surface area contributed by atoms with E-state index in [1.165, 1.54) is 0 Å². The van der Waals surface area contributed by atoms with Crippen molar-refractivity contribution >= 4 is 15.9 Å². The van der Waals surface area contributed by atoms with Gasteiger partial charge in [-0.05, 0) is 18.6 Å². The van der Waals surface area contributed by atoms with Crippen molar-refractivity contribution in [1.82, 2.24) is 15.0 Å². The van der Waals surface area contributed by atoms with Gasteiger partial charge < -0.3 is 0 Å². The predicted molar refractivity (Wildman–Crippen MR) is 63.5 cm³/mol. The average Bonchev–Trinajstić information content (AvgIpc) is 2.61. The SMILES string of the molecule is CCc1nn(C)nc1-c1ccc(Br)cc1. The minimum absolute atomic E-state index is 0.902. The van der Waals surface area contributed by atoms with Crippen LogP contribution in [0.4, 0.5) is 0 Å². The molecule has 0 unspecified atom stereocenters. The normalized spacial score (nSPS) is 10.6. The molecule has 0 atom stereocenters. The van der Waals surface area contributed by atoms with E-state index in [1.54, 1.807) is 4.80 Å². The number of hydrogen-bond acceptors (Lipinski definition) is 2. The zero-order chi connectivity index (χ0) is 10.8. The standard InChI is InChI=1S/C11H12BrN3/c1-3-10-11(14-15(2)13-10)8-4-6-9(12)7-5-8/h4-7H,3H2,1-2H3. The van der Waals surface area contributed by atoms with Crippen LogP contribution in [0, 0.1) is 0 Å². The van der Waals surface area contributed by atoms with Gasteiger partial charge in [-0.1, -0.05) is 35.0 Å². The molecule has 0 aliphatic heterocycles. The fourth-order valence-corrected chi connectivity index (χ4v) is 1.78. The van der Waals surface area contributed by atoms with Crippen LogP contribution in [0.5, 0.6) is 0 Å². The summed E-state index contributed by atoms with van der Waals surface area (Å²) in [5.41, 5.74) is 3.13. The molecule has 0 aliphatic rings. The minimum Gasteiger partial charge on any atom is -0.187 e. The largest absolute Gasteiger partial charge is 0.187 e. The molecule has 3 nitrogen and oxygen atoms in total. The monoisotopic (exact) mass is 265 g/mol. The maximum atomic E-state index is 4.37. The Bertz CT molecular complexity index is 459. The van der Waals surface area contributed by atoms with Gasteiger partial charge in [0.05, 0.1) is 5.69 Å². The summed E-state index contributed by atoms with van der Waals surface area (Å²) < 4.78 is 1.08. The third-order valence-corrected chi connectivity index (χ3v) is 2.76. The molecule has 0 spiro atoms. The molecule has 15 heavy (non-hydrogen) atoms. The Morgan fingerprint density at radius 3 is 2.47 bits per heavy atom. The topological polar surface area (TPSA) is 30.7 Å². The zero-order valence-corrected chi connectivity index (χ0v) is 10.3. The van der Waals surface area contributed by atoms with E-state index >= 15 is 0 Å². The van der Waals surface area contributed by atoms with Crippen molar-refractivity contribution in [2.24, 2.45) is 7.05 Å². The molecule has 0 N–H and O–H groups in total. The van der Waals surface area contributed by atoms with Crippen molar-refractivity contribution < 1.29 is 0 Å². The molecule has 1 aromatic heterocycles. The maximum Gasteiger partial charge on any atom is 0.116 e. The molecular formula is C11H12BrN3. The van der Waals surface area contributed by atoms with Crippen LogP contribution in [0.2, 0.25) is 0 Å². The van der Waals surface area contributed by atoms with E-state index in [2.05, 4.69) is 33.1 Å². The maximum absolute atomic E-state index is 4.37. The summed E-state index contributed by atoms with van der Waals surface area (Å²) in [6.45, 7) is 2.09. The highest BCUT2D eigenvalue weighted by atomic mass is 79.9. The van der Waals surface area contributed by atoms with Crippen LogP contribution in [-0.2, 0) is 13.5 Å². The number of rotatable bonds is 2. The van der Waals surface area contributed by atoms with Crippen LogP contribution in [0.1, 0.15) is 12.6 Å². The van der Waals surface area contributed by atoms with Crippen molar-refractivity contribution in [3.05, 3.63) is 34.4 Å². The molecule has 0 amide bonds. The molecule has 0 radical (unpaired) electrons. The summed E-state index contributed by atoms with van der Waals surface area (Å²) in [5, 5.41) is 8.69. The highest BCUT2D eigenvalue weighted by molar-refractivity contribution is 9.10. The lowest BCUT2D eigenvalue weighted by Crippen LogP contribution is -1.92. The van der Waals surface area contributed by atoms with Crippen LogP contribution in [-0.4, -0.2) is 15.0 Å². The van der Waals surface area contributed by atoms with E-state index in [4.69, 9.17) is 0 Å². The zero-order valence-electron chi connectivity index (χ0n) is 8.74. The van der Waals surface area contributed by atoms with Crippen molar-refractivity contribution in [2.45, 2.75) is 13.3 Å². The lowest BCUT2D eigenvalue weighted by atomic mass is 10.1. The first-order valence-corrected chi connectivity index (χ1v) is 5.66. The first-order valence-electron chi connectivity index (χ1n) is 4.87. The van der Waals surface area contributed by atoms with Gasteiger partial charge in [0.1, 0.15) is 5.69 Å². The first kappa shape index (κ1) is 10.4. The van der Waals surface area contributed by atoms with E-state index < -0.39 is 0 Å². The third-order valence-electron chi connectivity index (χ3n) is 2.24. The summed E-state index contributed by atoms with van der Waals surface area (Å²) in [5.74, 6) is 0. The highest BCUT2D eigenvalue weighted by Gasteiger charge is 2.09. The van der Waals surface area contributed by atoms with Gasteiger partial charge in [-0.15, -0.1) is 0 Å². The van der Waals surface area contributed by atoms with Crippen molar-refractivity contribution in [3.63, 3.8) is 0 Å². The molecule has 1 aromatic carbocycles. The molecule has 2 aromatic rings. The summed E-state index contributed by atoms with van der Waals surface area (Å²) in [6.07, 6.45) is 0.902. The molecule has 0 fully saturated rings. The quantitative estimate of drug-likeness (QED) is 0.836. The second kappa shape index (κ2) is 4.14. The van der Waals surface area contributed by atoms with E-state index in [0.717, 1.165) is 27.8 Å². The summed E-state index contributed by atoms with van der Waals surface area (Å²) in [6, 6.07) is 8.13. The Labute approximate surface area is 97.2 Å². The van der Waals surface area contributed by atoms with Gasteiger partial charge in [0.2, 0.25) is 0 Å². The number of hydrogen-bond donors (Lipinski definition) is 0. The van der Waals surface area contributed by atoms with Crippen LogP contribution in [0.3, 0.4) is 0 Å². The van der Waals surface area contributed by atoms with Crippen LogP contribution >= 0.6 is 15.9 Å². The lowest BCUT2D eigenvalue weighted by molar-refractivity contribution is 0.647. The molecule has 0 saturated heterocycles. The second-order valence-electron chi connectivity index (χ2n) is 3.35. The van der Waals surface area contributed by atoms with Gasteiger partial charge >= 0.3 is 0 Å². The van der Waals surface area contributed by atoms with Crippen molar-refractivity contribution in [3.8, 4) is 11.3 Å². The van der Waals surface area contributed by atoms with Gasteiger partial charge in [0.15, 0.2) is 0 Å². The highest BCUT2D eigenvalue weighted by Crippen LogP contribution is 2.22. The van der Waals surface area contributed by atoms with Crippen molar-refractivity contribution in [2.75, 3.05) is 0 Å². The first-order chi connectivity index (χ1) is 7.20. The number of aryl methyl sites for hydroxylation is 2. The van der Waals surface area contributed by atoms with E-state index in [9.17, 15) is 0 Å². The Morgan fingerprint density at radius 1 is 1.20 bits per heavy atom. The molecule has 0 bridgehead atoms. The second-order valence-corrected chi connectivity index (χ2v) is 4.26. The summed E-state index contributed by atoms with van der Waals surface area (Å²) >= 11 is 3.42. The Balaban J connectivity index is 2.48. The summed E-state index contributed by atoms with van der Waals surface area (Å²) in [7, 11) is 1.85. The van der Waals surface area contributed by atoms with E-state index in [-0.39, 0.29) is 0 Å². The number of nitrogens with zero attached hydrogens (tertiary/aromatic N) is 3. The number of benzene rings is 1.